The Bertz CT molecular complexity index is 199. The molecule has 0 bridgehead atoms. The van der Waals surface area contributed by atoms with E-state index in [0.29, 0.717) is 23.8 Å². The maximum atomic E-state index is 11.6. The molecule has 1 saturated heterocycles. The predicted molar refractivity (Wildman–Crippen MR) is 51.3 cm³/mol. The minimum absolute atomic E-state index is 0.292. The summed E-state index contributed by atoms with van der Waals surface area (Å²) in [5.41, 5.74) is 0. The third-order valence-corrected chi connectivity index (χ3v) is 3.19. The first-order valence-electron chi connectivity index (χ1n) is 5.32. The molecular formula is C10H18N2O. The molecule has 2 rings (SSSR count). The highest BCUT2D eigenvalue weighted by molar-refractivity contribution is 5.81. The molecule has 0 radical (unpaired) electrons. The lowest BCUT2D eigenvalue weighted by Gasteiger charge is -2.10. The molecule has 3 heteroatoms. The molecule has 0 spiro atoms. The molecule has 3 nitrogen and oxygen atoms in total. The van der Waals surface area contributed by atoms with Gasteiger partial charge in [-0.3, -0.25) is 4.79 Å². The van der Waals surface area contributed by atoms with E-state index in [9.17, 15) is 4.79 Å². The molecule has 74 valence electrons. The van der Waals surface area contributed by atoms with Gasteiger partial charge in [-0.2, -0.15) is 0 Å². The van der Waals surface area contributed by atoms with Crippen LogP contribution in [0.3, 0.4) is 0 Å². The summed E-state index contributed by atoms with van der Waals surface area (Å²) in [5, 5.41) is 6.35. The van der Waals surface area contributed by atoms with Gasteiger partial charge < -0.3 is 10.6 Å². The Labute approximate surface area is 79.3 Å². The van der Waals surface area contributed by atoms with Crippen LogP contribution in [-0.4, -0.2) is 25.0 Å². The van der Waals surface area contributed by atoms with E-state index in [-0.39, 0.29) is 0 Å². The van der Waals surface area contributed by atoms with Crippen molar-refractivity contribution in [1.29, 1.82) is 0 Å². The number of nitrogens with one attached hydrogen (secondary N) is 2. The van der Waals surface area contributed by atoms with Crippen molar-refractivity contribution in [2.24, 2.45) is 11.8 Å². The van der Waals surface area contributed by atoms with Gasteiger partial charge in [0.15, 0.2) is 0 Å². The van der Waals surface area contributed by atoms with Gasteiger partial charge in [-0.15, -0.1) is 0 Å². The molecule has 0 aromatic rings. The summed E-state index contributed by atoms with van der Waals surface area (Å²) in [6.45, 7) is 4.16. The zero-order valence-corrected chi connectivity index (χ0v) is 8.18. The van der Waals surface area contributed by atoms with Crippen molar-refractivity contribution < 1.29 is 4.79 Å². The largest absolute Gasteiger partial charge is 0.352 e. The van der Waals surface area contributed by atoms with E-state index < -0.39 is 0 Å². The fourth-order valence-electron chi connectivity index (χ4n) is 2.11. The first kappa shape index (κ1) is 9.00. The molecule has 1 aliphatic heterocycles. The van der Waals surface area contributed by atoms with Crippen LogP contribution in [0.15, 0.2) is 0 Å². The van der Waals surface area contributed by atoms with Crippen LogP contribution in [0, 0.1) is 11.8 Å². The van der Waals surface area contributed by atoms with Crippen LogP contribution >= 0.6 is 0 Å². The molecule has 3 atom stereocenters. The van der Waals surface area contributed by atoms with Gasteiger partial charge in [0, 0.05) is 18.5 Å². The Morgan fingerprint density at radius 1 is 1.62 bits per heavy atom. The third kappa shape index (κ3) is 2.02. The van der Waals surface area contributed by atoms with Gasteiger partial charge in [-0.1, -0.05) is 13.3 Å². The zero-order chi connectivity index (χ0) is 9.26. The fraction of sp³-hybridized carbons (Fsp3) is 0.900. The second-order valence-corrected chi connectivity index (χ2v) is 4.21. The normalized spacial score (nSPS) is 37.5. The summed E-state index contributed by atoms with van der Waals surface area (Å²) in [7, 11) is 0. The predicted octanol–water partition coefficient (Wildman–Crippen LogP) is 0.511. The van der Waals surface area contributed by atoms with Crippen LogP contribution in [0.25, 0.3) is 0 Å². The Morgan fingerprint density at radius 2 is 2.46 bits per heavy atom. The molecule has 13 heavy (non-hydrogen) atoms. The van der Waals surface area contributed by atoms with Gasteiger partial charge in [0.1, 0.15) is 0 Å². The maximum absolute atomic E-state index is 11.6. The highest BCUT2D eigenvalue weighted by atomic mass is 16.2. The van der Waals surface area contributed by atoms with Crippen molar-refractivity contribution in [2.75, 3.05) is 13.1 Å². The van der Waals surface area contributed by atoms with Crippen LogP contribution in [-0.2, 0) is 4.79 Å². The number of carbonyl (C=O) groups is 1. The van der Waals surface area contributed by atoms with E-state index in [2.05, 4.69) is 17.6 Å². The lowest BCUT2D eigenvalue weighted by atomic mass is 10.2. The lowest BCUT2D eigenvalue weighted by molar-refractivity contribution is -0.123. The summed E-state index contributed by atoms with van der Waals surface area (Å²) in [4.78, 5) is 11.6. The summed E-state index contributed by atoms with van der Waals surface area (Å²) in [6, 6.07) is 0.394. The number of carbonyl (C=O) groups excluding carboxylic acids is 1. The number of hydrogen-bond donors (Lipinski definition) is 2. The highest BCUT2D eigenvalue weighted by Crippen LogP contribution is 2.41. The van der Waals surface area contributed by atoms with Gasteiger partial charge >= 0.3 is 0 Å². The van der Waals surface area contributed by atoms with Crippen molar-refractivity contribution in [3.63, 3.8) is 0 Å². The molecule has 1 saturated carbocycles. The van der Waals surface area contributed by atoms with Gasteiger partial charge in [-0.05, 0) is 25.3 Å². The van der Waals surface area contributed by atoms with Crippen molar-refractivity contribution in [3.05, 3.63) is 0 Å². The Hall–Kier alpha value is -0.570. The second-order valence-electron chi connectivity index (χ2n) is 4.21. The summed E-state index contributed by atoms with van der Waals surface area (Å²) in [6.07, 6.45) is 3.36. The molecule has 2 N–H and O–H groups in total. The maximum Gasteiger partial charge on any atom is 0.223 e. The summed E-state index contributed by atoms with van der Waals surface area (Å²) >= 11 is 0. The first-order chi connectivity index (χ1) is 6.31. The standard InChI is InChI=1S/C10H18N2O/c1-2-7-5-9(7)10(13)12-8-3-4-11-6-8/h7-9,11H,2-6H2,1H3,(H,12,13)/t7?,8-,9?/m0/s1. The van der Waals surface area contributed by atoms with Crippen molar-refractivity contribution >= 4 is 5.91 Å². The van der Waals surface area contributed by atoms with E-state index in [1.807, 2.05) is 0 Å². The van der Waals surface area contributed by atoms with E-state index in [1.54, 1.807) is 0 Å². The Morgan fingerprint density at radius 3 is 3.00 bits per heavy atom. The summed E-state index contributed by atoms with van der Waals surface area (Å²) < 4.78 is 0. The molecular weight excluding hydrogens is 164 g/mol. The molecule has 0 aromatic heterocycles. The second kappa shape index (κ2) is 3.66. The molecule has 1 heterocycles. The monoisotopic (exact) mass is 182 g/mol. The molecule has 2 unspecified atom stereocenters. The number of rotatable bonds is 3. The van der Waals surface area contributed by atoms with E-state index in [0.717, 1.165) is 32.4 Å². The Kier molecular flexibility index (Phi) is 2.54. The SMILES string of the molecule is CCC1CC1C(=O)N[C@H]1CCNC1. The van der Waals surface area contributed by atoms with E-state index >= 15 is 0 Å². The average molecular weight is 182 g/mol. The smallest absolute Gasteiger partial charge is 0.223 e. The van der Waals surface area contributed by atoms with Crippen LogP contribution in [0.1, 0.15) is 26.2 Å². The molecule has 2 aliphatic rings. The minimum Gasteiger partial charge on any atom is -0.352 e. The Balaban J connectivity index is 1.72. The molecule has 1 aliphatic carbocycles. The number of amides is 1. The van der Waals surface area contributed by atoms with Gasteiger partial charge in [0.05, 0.1) is 0 Å². The van der Waals surface area contributed by atoms with E-state index in [4.69, 9.17) is 0 Å². The van der Waals surface area contributed by atoms with Crippen molar-refractivity contribution in [1.82, 2.24) is 10.6 Å². The van der Waals surface area contributed by atoms with Crippen LogP contribution in [0.2, 0.25) is 0 Å². The zero-order valence-electron chi connectivity index (χ0n) is 8.18. The number of hydrogen-bond acceptors (Lipinski definition) is 2. The van der Waals surface area contributed by atoms with Crippen LogP contribution in [0.5, 0.6) is 0 Å². The molecule has 1 amide bonds. The van der Waals surface area contributed by atoms with Gasteiger partial charge in [-0.25, -0.2) is 0 Å². The van der Waals surface area contributed by atoms with Crippen molar-refractivity contribution in [2.45, 2.75) is 32.2 Å². The fourth-order valence-corrected chi connectivity index (χ4v) is 2.11. The minimum atomic E-state index is 0.292. The van der Waals surface area contributed by atoms with Crippen molar-refractivity contribution in [3.8, 4) is 0 Å². The third-order valence-electron chi connectivity index (χ3n) is 3.19. The lowest BCUT2D eigenvalue weighted by Crippen LogP contribution is -2.37. The molecule has 0 aromatic carbocycles. The van der Waals surface area contributed by atoms with Gasteiger partial charge in [0.25, 0.3) is 0 Å². The van der Waals surface area contributed by atoms with Crippen LogP contribution < -0.4 is 10.6 Å². The topological polar surface area (TPSA) is 41.1 Å². The van der Waals surface area contributed by atoms with E-state index in [1.165, 1.54) is 0 Å². The average Bonchev–Trinajstić information content (AvgIpc) is 2.77. The summed E-state index contributed by atoms with van der Waals surface area (Å²) in [5.74, 6) is 1.31. The highest BCUT2D eigenvalue weighted by Gasteiger charge is 2.41. The first-order valence-corrected chi connectivity index (χ1v) is 5.32. The quantitative estimate of drug-likeness (QED) is 0.667. The molecule has 2 fully saturated rings. The van der Waals surface area contributed by atoms with Crippen LogP contribution in [0.4, 0.5) is 0 Å². The van der Waals surface area contributed by atoms with Gasteiger partial charge in [0.2, 0.25) is 5.91 Å².